The number of ether oxygens (including phenoxy) is 1. The average Bonchev–Trinajstić information content (AvgIpc) is 3.18. The van der Waals surface area contributed by atoms with Crippen LogP contribution in [0.4, 0.5) is 0 Å². The predicted octanol–water partition coefficient (Wildman–Crippen LogP) is 6.13. The van der Waals surface area contributed by atoms with Crippen LogP contribution in [0, 0.1) is 50.7 Å². The molecule has 0 aromatic heterocycles. The Hall–Kier alpha value is -0.380. The van der Waals surface area contributed by atoms with Crippen molar-refractivity contribution in [3.63, 3.8) is 0 Å². The lowest BCUT2D eigenvalue weighted by molar-refractivity contribution is -0.218. The van der Waals surface area contributed by atoms with Crippen LogP contribution in [0.15, 0.2) is 11.1 Å². The van der Waals surface area contributed by atoms with E-state index in [0.717, 1.165) is 24.5 Å². The average molecular weight is 457 g/mol. The zero-order chi connectivity index (χ0) is 23.8. The van der Waals surface area contributed by atoms with Gasteiger partial charge in [-0.2, -0.15) is 0 Å². The van der Waals surface area contributed by atoms with Crippen LogP contribution in [0.2, 0.25) is 0 Å². The normalized spacial score (nSPS) is 56.9. The van der Waals surface area contributed by atoms with Crippen molar-refractivity contribution in [2.45, 2.75) is 118 Å². The summed E-state index contributed by atoms with van der Waals surface area (Å²) >= 11 is 0. The number of aliphatic hydroxyl groups is 2. The second kappa shape index (κ2) is 6.68. The van der Waals surface area contributed by atoms with Gasteiger partial charge in [0.05, 0.1) is 18.8 Å². The zero-order valence-corrected chi connectivity index (χ0v) is 22.2. The van der Waals surface area contributed by atoms with Gasteiger partial charge in [-0.1, -0.05) is 54.0 Å². The van der Waals surface area contributed by atoms with Gasteiger partial charge in [-0.25, -0.2) is 0 Å². The molecule has 2 bridgehead atoms. The molecule has 6 rings (SSSR count). The summed E-state index contributed by atoms with van der Waals surface area (Å²) in [6.45, 7) is 17.8. The molecular weight excluding hydrogens is 408 g/mol. The van der Waals surface area contributed by atoms with Crippen LogP contribution in [0.3, 0.4) is 0 Å². The first-order chi connectivity index (χ1) is 15.3. The van der Waals surface area contributed by atoms with Gasteiger partial charge in [0.15, 0.2) is 0 Å². The molecule has 33 heavy (non-hydrogen) atoms. The Bertz CT molecular complexity index is 889. The Morgan fingerprint density at radius 1 is 0.879 bits per heavy atom. The summed E-state index contributed by atoms with van der Waals surface area (Å²) in [5.41, 5.74) is 3.47. The lowest BCUT2D eigenvalue weighted by atomic mass is 9.34. The van der Waals surface area contributed by atoms with E-state index in [9.17, 15) is 10.2 Å². The van der Waals surface area contributed by atoms with Crippen molar-refractivity contribution < 1.29 is 14.9 Å². The summed E-state index contributed by atoms with van der Waals surface area (Å²) in [4.78, 5) is 0. The molecule has 5 fully saturated rings. The van der Waals surface area contributed by atoms with Crippen molar-refractivity contribution in [2.24, 2.45) is 50.7 Å². The molecular formula is C30H48O3. The topological polar surface area (TPSA) is 49.7 Å². The third kappa shape index (κ3) is 2.49. The van der Waals surface area contributed by atoms with Crippen LogP contribution in [0.25, 0.3) is 0 Å². The van der Waals surface area contributed by atoms with E-state index in [1.54, 1.807) is 0 Å². The molecule has 10 atom stereocenters. The van der Waals surface area contributed by atoms with Gasteiger partial charge in [0.1, 0.15) is 6.10 Å². The Balaban J connectivity index is 1.43. The summed E-state index contributed by atoms with van der Waals surface area (Å²) in [5, 5.41) is 22.7. The minimum atomic E-state index is -0.684. The second-order valence-electron chi connectivity index (χ2n) is 14.9. The Kier molecular flexibility index (Phi) is 4.66. The molecule has 3 heteroatoms. The van der Waals surface area contributed by atoms with Gasteiger partial charge in [0, 0.05) is 5.41 Å². The van der Waals surface area contributed by atoms with Crippen molar-refractivity contribution >= 4 is 0 Å². The summed E-state index contributed by atoms with van der Waals surface area (Å²) in [7, 11) is 0. The standard InChI is InChI=1S/C30H48O3/c1-17(2)21-18-10-11-28(6)20(29(18,7)24(32)23(21)31)9-8-19-22-25-26(3,4)12-14-30(22,16-33-25)15-13-27(19,28)5/h17,19-20,22-25,31-32H,8-16H2,1-7H3/t19-,20+,22-,23+,24-,25-,27-,28-,29+,30-/m1/s1. The zero-order valence-electron chi connectivity index (χ0n) is 22.2. The fourth-order valence-electron chi connectivity index (χ4n) is 11.3. The van der Waals surface area contributed by atoms with Crippen molar-refractivity contribution in [3.05, 3.63) is 11.1 Å². The maximum Gasteiger partial charge on any atom is 0.102 e. The highest BCUT2D eigenvalue weighted by Gasteiger charge is 2.73. The first kappa shape index (κ1) is 23.0. The number of aliphatic hydroxyl groups excluding tert-OH is 2. The van der Waals surface area contributed by atoms with Gasteiger partial charge in [-0.05, 0) is 102 Å². The second-order valence-corrected chi connectivity index (χ2v) is 14.9. The van der Waals surface area contributed by atoms with Crippen LogP contribution in [0.1, 0.15) is 99.8 Å². The third-order valence-electron chi connectivity index (χ3n) is 13.3. The molecule has 186 valence electrons. The smallest absolute Gasteiger partial charge is 0.102 e. The first-order valence-corrected chi connectivity index (χ1v) is 14.0. The molecule has 1 saturated heterocycles. The molecule has 6 aliphatic rings. The highest BCUT2D eigenvalue weighted by Crippen LogP contribution is 2.77. The summed E-state index contributed by atoms with van der Waals surface area (Å²) in [6.07, 6.45) is 9.07. The van der Waals surface area contributed by atoms with E-state index in [4.69, 9.17) is 4.74 Å². The van der Waals surface area contributed by atoms with Gasteiger partial charge in [-0.3, -0.25) is 0 Å². The maximum absolute atomic E-state index is 11.5. The summed E-state index contributed by atoms with van der Waals surface area (Å²) in [6, 6.07) is 0. The van der Waals surface area contributed by atoms with E-state index in [1.165, 1.54) is 50.5 Å². The molecule has 1 heterocycles. The number of hydrogen-bond acceptors (Lipinski definition) is 3. The van der Waals surface area contributed by atoms with Gasteiger partial charge in [-0.15, -0.1) is 0 Å². The third-order valence-corrected chi connectivity index (χ3v) is 13.3. The van der Waals surface area contributed by atoms with Crippen molar-refractivity contribution in [2.75, 3.05) is 6.61 Å². The molecule has 0 amide bonds. The molecule has 3 nitrogen and oxygen atoms in total. The number of fused-ring (bicyclic) bond motifs is 5. The quantitative estimate of drug-likeness (QED) is 0.467. The van der Waals surface area contributed by atoms with Crippen LogP contribution in [-0.2, 0) is 4.74 Å². The monoisotopic (exact) mass is 456 g/mol. The van der Waals surface area contributed by atoms with Gasteiger partial charge >= 0.3 is 0 Å². The largest absolute Gasteiger partial charge is 0.389 e. The van der Waals surface area contributed by atoms with E-state index in [2.05, 4.69) is 48.5 Å². The van der Waals surface area contributed by atoms with Crippen molar-refractivity contribution in [1.29, 1.82) is 0 Å². The van der Waals surface area contributed by atoms with E-state index >= 15 is 0 Å². The Labute approximate surface area is 201 Å². The van der Waals surface area contributed by atoms with Crippen LogP contribution < -0.4 is 0 Å². The van der Waals surface area contributed by atoms with E-state index in [-0.39, 0.29) is 21.7 Å². The highest BCUT2D eigenvalue weighted by atomic mass is 16.5. The fraction of sp³-hybridized carbons (Fsp3) is 0.933. The predicted molar refractivity (Wildman–Crippen MR) is 132 cm³/mol. The molecule has 0 aromatic rings. The molecule has 5 aliphatic carbocycles. The van der Waals surface area contributed by atoms with Crippen molar-refractivity contribution in [1.82, 2.24) is 0 Å². The first-order valence-electron chi connectivity index (χ1n) is 14.0. The van der Waals surface area contributed by atoms with Gasteiger partial charge < -0.3 is 14.9 Å². The lowest BCUT2D eigenvalue weighted by Gasteiger charge is -2.70. The van der Waals surface area contributed by atoms with Gasteiger partial charge in [0.25, 0.3) is 0 Å². The lowest BCUT2D eigenvalue weighted by Crippen LogP contribution is -2.66. The summed E-state index contributed by atoms with van der Waals surface area (Å²) < 4.78 is 6.67. The molecule has 0 aromatic carbocycles. The van der Waals surface area contributed by atoms with Crippen LogP contribution in [-0.4, -0.2) is 35.1 Å². The Morgan fingerprint density at radius 3 is 2.27 bits per heavy atom. The molecule has 2 N–H and O–H groups in total. The Morgan fingerprint density at radius 2 is 1.58 bits per heavy atom. The molecule has 1 aliphatic heterocycles. The fourth-order valence-corrected chi connectivity index (χ4v) is 11.3. The van der Waals surface area contributed by atoms with E-state index in [1.807, 2.05) is 0 Å². The minimum Gasteiger partial charge on any atom is -0.389 e. The number of rotatable bonds is 1. The molecule has 0 spiro atoms. The van der Waals surface area contributed by atoms with Gasteiger partial charge in [0.2, 0.25) is 0 Å². The van der Waals surface area contributed by atoms with Crippen LogP contribution in [0.5, 0.6) is 0 Å². The van der Waals surface area contributed by atoms with E-state index in [0.29, 0.717) is 29.3 Å². The molecule has 4 saturated carbocycles. The SMILES string of the molecule is CC(C)C1=C2CC[C@]3(C)[C@H](CC[C@@H]4[C@@H]5[C@H]6OC[C@@]5(CCC6(C)C)CC[C@]43C)[C@@]2(C)[C@H](O)[C@H]1O. The molecule has 0 radical (unpaired) electrons. The van der Waals surface area contributed by atoms with Crippen LogP contribution >= 0.6 is 0 Å². The maximum atomic E-state index is 11.5. The summed E-state index contributed by atoms with van der Waals surface area (Å²) in [5.74, 6) is 2.17. The highest BCUT2D eigenvalue weighted by molar-refractivity contribution is 5.40. The number of hydrogen-bond donors (Lipinski definition) is 2. The van der Waals surface area contributed by atoms with E-state index < -0.39 is 12.2 Å². The molecule has 0 unspecified atom stereocenters. The minimum absolute atomic E-state index is 0.198. The van der Waals surface area contributed by atoms with Crippen molar-refractivity contribution in [3.8, 4) is 0 Å².